The van der Waals surface area contributed by atoms with Gasteiger partial charge in [0.15, 0.2) is 0 Å². The first-order valence-electron chi connectivity index (χ1n) is 6.23. The summed E-state index contributed by atoms with van der Waals surface area (Å²) in [5.41, 5.74) is -0.211. The molecule has 7 heteroatoms. The predicted octanol–water partition coefficient (Wildman–Crippen LogP) is 1.73. The molecule has 1 aliphatic rings. The topological polar surface area (TPSA) is 69.0 Å². The maximum Gasteiger partial charge on any atom is 0.255 e. The molecule has 2 rings (SSSR count). The van der Waals surface area contributed by atoms with Crippen molar-refractivity contribution in [2.24, 2.45) is 0 Å². The van der Waals surface area contributed by atoms with Crippen LogP contribution in [-0.4, -0.2) is 29.5 Å². The minimum absolute atomic E-state index is 0.106. The van der Waals surface area contributed by atoms with Gasteiger partial charge in [-0.1, -0.05) is 18.0 Å². The highest BCUT2D eigenvalue weighted by molar-refractivity contribution is 7.91. The van der Waals surface area contributed by atoms with Crippen LogP contribution in [0.2, 0.25) is 5.15 Å². The fraction of sp³-hybridized carbons (Fsp3) is 0.667. The fourth-order valence-corrected chi connectivity index (χ4v) is 4.14. The number of hydrogen-bond acceptors (Lipinski definition) is 4. The molecule has 0 saturated heterocycles. The van der Waals surface area contributed by atoms with Gasteiger partial charge >= 0.3 is 0 Å². The van der Waals surface area contributed by atoms with Crippen LogP contribution < -0.4 is 5.56 Å². The normalized spacial score (nSPS) is 24.4. The Kier molecular flexibility index (Phi) is 4.01. The van der Waals surface area contributed by atoms with Crippen LogP contribution in [-0.2, 0) is 9.84 Å². The van der Waals surface area contributed by atoms with Gasteiger partial charge in [0.05, 0.1) is 5.25 Å². The Balaban J connectivity index is 2.35. The summed E-state index contributed by atoms with van der Waals surface area (Å²) in [7, 11) is -3.06. The molecule has 1 saturated carbocycles. The van der Waals surface area contributed by atoms with Crippen molar-refractivity contribution in [2.45, 2.75) is 43.9 Å². The average Bonchev–Trinajstić information content (AvgIpc) is 2.26. The number of rotatable bonds is 2. The lowest BCUT2D eigenvalue weighted by molar-refractivity contribution is 0.338. The molecule has 1 heterocycles. The van der Waals surface area contributed by atoms with Gasteiger partial charge in [-0.3, -0.25) is 9.36 Å². The molecule has 0 aliphatic heterocycles. The first kappa shape index (κ1) is 14.5. The number of aromatic nitrogens is 2. The maximum absolute atomic E-state index is 12.0. The van der Waals surface area contributed by atoms with Crippen LogP contribution in [0.15, 0.2) is 10.9 Å². The lowest BCUT2D eigenvalue weighted by Crippen LogP contribution is -2.34. The Morgan fingerprint density at radius 3 is 2.68 bits per heavy atom. The average molecular weight is 305 g/mol. The summed E-state index contributed by atoms with van der Waals surface area (Å²) in [6.45, 7) is 1.72. The predicted molar refractivity (Wildman–Crippen MR) is 74.4 cm³/mol. The molecule has 0 amide bonds. The van der Waals surface area contributed by atoms with Crippen LogP contribution in [0, 0.1) is 6.92 Å². The first-order valence-corrected chi connectivity index (χ1v) is 8.57. The molecular formula is C12H17ClN2O3S. The van der Waals surface area contributed by atoms with Gasteiger partial charge in [0.2, 0.25) is 0 Å². The number of nitrogens with zero attached hydrogens (tertiary/aromatic N) is 2. The van der Waals surface area contributed by atoms with Gasteiger partial charge in [0.25, 0.3) is 5.56 Å². The van der Waals surface area contributed by atoms with Gasteiger partial charge in [-0.2, -0.15) is 0 Å². The molecule has 1 aromatic heterocycles. The van der Waals surface area contributed by atoms with Crippen LogP contribution in [0.5, 0.6) is 0 Å². The summed E-state index contributed by atoms with van der Waals surface area (Å²) in [5, 5.41) is -0.192. The van der Waals surface area contributed by atoms with E-state index >= 15 is 0 Å². The van der Waals surface area contributed by atoms with Gasteiger partial charge < -0.3 is 0 Å². The van der Waals surface area contributed by atoms with E-state index < -0.39 is 9.84 Å². The van der Waals surface area contributed by atoms with Crippen molar-refractivity contribution in [1.82, 2.24) is 9.55 Å². The SMILES string of the molecule is Cc1nc(Cl)cc(=O)n1C1CCCC(S(C)(=O)=O)C1. The largest absolute Gasteiger partial charge is 0.294 e. The lowest BCUT2D eigenvalue weighted by atomic mass is 9.94. The van der Waals surface area contributed by atoms with Crippen LogP contribution in [0.25, 0.3) is 0 Å². The molecule has 19 heavy (non-hydrogen) atoms. The van der Waals surface area contributed by atoms with Crippen LogP contribution in [0.3, 0.4) is 0 Å². The second-order valence-corrected chi connectivity index (χ2v) is 7.82. The molecule has 5 nitrogen and oxygen atoms in total. The van der Waals surface area contributed by atoms with Gasteiger partial charge in [0.1, 0.15) is 20.8 Å². The van der Waals surface area contributed by atoms with Crippen molar-refractivity contribution in [3.05, 3.63) is 27.4 Å². The van der Waals surface area contributed by atoms with Gasteiger partial charge in [-0.25, -0.2) is 13.4 Å². The van der Waals surface area contributed by atoms with E-state index in [0.717, 1.165) is 12.8 Å². The van der Waals surface area contributed by atoms with Crippen molar-refractivity contribution in [2.75, 3.05) is 6.26 Å². The smallest absolute Gasteiger partial charge is 0.255 e. The zero-order valence-corrected chi connectivity index (χ0v) is 12.5. The summed E-state index contributed by atoms with van der Waals surface area (Å²) in [5.74, 6) is 0.539. The van der Waals surface area contributed by atoms with E-state index in [4.69, 9.17) is 11.6 Å². The minimum Gasteiger partial charge on any atom is -0.294 e. The van der Waals surface area contributed by atoms with Crippen molar-refractivity contribution in [3.8, 4) is 0 Å². The highest BCUT2D eigenvalue weighted by Gasteiger charge is 2.30. The van der Waals surface area contributed by atoms with Crippen molar-refractivity contribution in [1.29, 1.82) is 0 Å². The number of halogens is 1. The zero-order valence-electron chi connectivity index (χ0n) is 11.0. The van der Waals surface area contributed by atoms with Crippen LogP contribution >= 0.6 is 11.6 Å². The van der Waals surface area contributed by atoms with Gasteiger partial charge in [-0.05, 0) is 26.2 Å². The summed E-state index contributed by atoms with van der Waals surface area (Å²) >= 11 is 5.74. The van der Waals surface area contributed by atoms with E-state index in [2.05, 4.69) is 4.98 Å². The molecule has 0 bridgehead atoms. The third-order valence-electron chi connectivity index (χ3n) is 3.67. The van der Waals surface area contributed by atoms with Crippen molar-refractivity contribution < 1.29 is 8.42 Å². The Labute approximate surface area is 117 Å². The summed E-state index contributed by atoms with van der Waals surface area (Å²) < 4.78 is 24.9. The molecule has 2 atom stereocenters. The van der Waals surface area contributed by atoms with E-state index in [9.17, 15) is 13.2 Å². The van der Waals surface area contributed by atoms with E-state index in [0.29, 0.717) is 18.7 Å². The maximum atomic E-state index is 12.0. The number of hydrogen-bond donors (Lipinski definition) is 0. The van der Waals surface area contributed by atoms with Gasteiger partial charge in [0, 0.05) is 18.4 Å². The first-order chi connectivity index (χ1) is 8.79. The van der Waals surface area contributed by atoms with E-state index in [1.807, 2.05) is 0 Å². The highest BCUT2D eigenvalue weighted by Crippen LogP contribution is 2.31. The van der Waals surface area contributed by atoms with E-state index in [1.165, 1.54) is 12.3 Å². The van der Waals surface area contributed by atoms with Crippen molar-refractivity contribution in [3.63, 3.8) is 0 Å². The molecule has 0 radical (unpaired) electrons. The second kappa shape index (κ2) is 5.25. The standard InChI is InChI=1S/C12H17ClN2O3S/c1-8-14-11(13)7-12(16)15(8)9-4-3-5-10(6-9)19(2,17)18/h7,9-10H,3-6H2,1-2H3. The Morgan fingerprint density at radius 1 is 1.42 bits per heavy atom. The Bertz CT molecular complexity index is 639. The van der Waals surface area contributed by atoms with Gasteiger partial charge in [-0.15, -0.1) is 0 Å². The molecule has 1 fully saturated rings. The van der Waals surface area contributed by atoms with E-state index in [-0.39, 0.29) is 22.0 Å². The lowest BCUT2D eigenvalue weighted by Gasteiger charge is -2.30. The Morgan fingerprint density at radius 2 is 2.11 bits per heavy atom. The van der Waals surface area contributed by atoms with Crippen LogP contribution in [0.4, 0.5) is 0 Å². The summed E-state index contributed by atoms with van der Waals surface area (Å²) in [4.78, 5) is 16.1. The minimum atomic E-state index is -3.06. The Hall–Kier alpha value is -0.880. The zero-order chi connectivity index (χ0) is 14.2. The molecule has 0 aromatic carbocycles. The quantitative estimate of drug-likeness (QED) is 0.780. The molecule has 0 spiro atoms. The van der Waals surface area contributed by atoms with Crippen molar-refractivity contribution >= 4 is 21.4 Å². The molecule has 1 aliphatic carbocycles. The molecule has 106 valence electrons. The van der Waals surface area contributed by atoms with E-state index in [1.54, 1.807) is 11.5 Å². The third-order valence-corrected chi connectivity index (χ3v) is 5.50. The molecule has 0 N–H and O–H groups in total. The monoisotopic (exact) mass is 304 g/mol. The second-order valence-electron chi connectivity index (χ2n) is 5.11. The summed E-state index contributed by atoms with van der Waals surface area (Å²) in [6, 6.07) is 1.17. The fourth-order valence-electron chi connectivity index (χ4n) is 2.76. The van der Waals surface area contributed by atoms with Crippen LogP contribution in [0.1, 0.15) is 37.5 Å². The number of sulfone groups is 1. The third kappa shape index (κ3) is 3.17. The molecular weight excluding hydrogens is 288 g/mol. The number of aryl methyl sites for hydroxylation is 1. The summed E-state index contributed by atoms with van der Waals surface area (Å²) in [6.07, 6.45) is 4.01. The molecule has 2 unspecified atom stereocenters. The highest BCUT2D eigenvalue weighted by atomic mass is 35.5. The molecule has 1 aromatic rings.